The smallest absolute Gasteiger partial charge is 0.142 e. The van der Waals surface area contributed by atoms with Crippen LogP contribution in [0.3, 0.4) is 0 Å². The van der Waals surface area contributed by atoms with E-state index in [2.05, 4.69) is 24.8 Å². The van der Waals surface area contributed by atoms with Crippen molar-refractivity contribution in [3.63, 3.8) is 0 Å². The molecular formula is C16H17N5O. The molecule has 3 aromatic rings. The maximum Gasteiger partial charge on any atom is 0.142 e. The molecule has 4 rings (SSSR count). The lowest BCUT2D eigenvalue weighted by Gasteiger charge is -2.36. The third-order valence-corrected chi connectivity index (χ3v) is 4.13. The maximum absolute atomic E-state index is 9.38. The number of aromatic hydroxyl groups is 1. The molecule has 0 bridgehead atoms. The molecular weight excluding hydrogens is 278 g/mol. The number of phenolic OH excluding ortho intramolecular Hbond substituents is 1. The quantitative estimate of drug-likeness (QED) is 0.757. The predicted octanol–water partition coefficient (Wildman–Crippen LogP) is 1.99. The molecule has 22 heavy (non-hydrogen) atoms. The first-order chi connectivity index (χ1) is 10.8. The highest BCUT2D eigenvalue weighted by Gasteiger charge is 2.20. The van der Waals surface area contributed by atoms with Gasteiger partial charge in [0.2, 0.25) is 0 Å². The van der Waals surface area contributed by atoms with Gasteiger partial charge in [-0.05, 0) is 30.3 Å². The highest BCUT2D eigenvalue weighted by Crippen LogP contribution is 2.25. The Labute approximate surface area is 128 Å². The van der Waals surface area contributed by atoms with Crippen LogP contribution < -0.4 is 9.80 Å². The first kappa shape index (κ1) is 12.9. The van der Waals surface area contributed by atoms with Gasteiger partial charge < -0.3 is 19.9 Å². The molecule has 6 heteroatoms. The molecule has 0 unspecified atom stereocenters. The number of anilines is 2. The van der Waals surface area contributed by atoms with E-state index in [0.717, 1.165) is 48.7 Å². The van der Waals surface area contributed by atoms with Crippen LogP contribution in [-0.4, -0.2) is 46.2 Å². The van der Waals surface area contributed by atoms with E-state index in [-0.39, 0.29) is 0 Å². The molecule has 3 heterocycles. The van der Waals surface area contributed by atoms with Crippen LogP contribution in [0.15, 0.2) is 42.9 Å². The third-order valence-electron chi connectivity index (χ3n) is 4.13. The van der Waals surface area contributed by atoms with Crippen LogP contribution in [-0.2, 0) is 0 Å². The molecule has 2 N–H and O–H groups in total. The molecule has 1 aliphatic rings. The molecule has 6 nitrogen and oxygen atoms in total. The van der Waals surface area contributed by atoms with Crippen LogP contribution in [0.25, 0.3) is 11.0 Å². The van der Waals surface area contributed by atoms with Gasteiger partial charge in [0.05, 0.1) is 5.39 Å². The number of aromatic amines is 1. The van der Waals surface area contributed by atoms with Gasteiger partial charge in [-0.15, -0.1) is 0 Å². The van der Waals surface area contributed by atoms with E-state index in [9.17, 15) is 5.11 Å². The molecule has 0 spiro atoms. The van der Waals surface area contributed by atoms with Gasteiger partial charge in [-0.1, -0.05) is 0 Å². The van der Waals surface area contributed by atoms with Crippen LogP contribution in [0.5, 0.6) is 5.75 Å². The number of hydrogen-bond acceptors (Lipinski definition) is 5. The molecule has 112 valence electrons. The number of nitrogens with zero attached hydrogens (tertiary/aromatic N) is 4. The van der Waals surface area contributed by atoms with Gasteiger partial charge >= 0.3 is 0 Å². The monoisotopic (exact) mass is 295 g/mol. The molecule has 0 aliphatic carbocycles. The van der Waals surface area contributed by atoms with Crippen LogP contribution in [0, 0.1) is 0 Å². The van der Waals surface area contributed by atoms with Gasteiger partial charge in [-0.2, -0.15) is 0 Å². The van der Waals surface area contributed by atoms with E-state index >= 15 is 0 Å². The maximum atomic E-state index is 9.38. The Balaban J connectivity index is 1.52. The average molecular weight is 295 g/mol. The molecule has 0 amide bonds. The van der Waals surface area contributed by atoms with Crippen molar-refractivity contribution in [3.05, 3.63) is 42.9 Å². The fourth-order valence-electron chi connectivity index (χ4n) is 2.95. The average Bonchev–Trinajstić information content (AvgIpc) is 3.04. The second kappa shape index (κ2) is 5.22. The number of piperazine rings is 1. The zero-order valence-corrected chi connectivity index (χ0v) is 12.1. The standard InChI is InChI=1S/C16H17N5O/c22-13-3-1-12(2-4-13)20-7-9-21(10-8-20)16-14-5-6-17-15(14)18-11-19-16/h1-6,11,22H,7-10H2,(H,17,18,19). The number of nitrogens with one attached hydrogen (secondary N) is 1. The van der Waals surface area contributed by atoms with Gasteiger partial charge in [-0.3, -0.25) is 0 Å². The fourth-order valence-corrected chi connectivity index (χ4v) is 2.95. The highest BCUT2D eigenvalue weighted by molar-refractivity contribution is 5.87. The van der Waals surface area contributed by atoms with Crippen molar-refractivity contribution < 1.29 is 5.11 Å². The number of rotatable bonds is 2. The number of fused-ring (bicyclic) bond motifs is 1. The second-order valence-corrected chi connectivity index (χ2v) is 5.43. The predicted molar refractivity (Wildman–Crippen MR) is 86.4 cm³/mol. The summed E-state index contributed by atoms with van der Waals surface area (Å²) in [5.41, 5.74) is 2.03. The minimum absolute atomic E-state index is 0.304. The van der Waals surface area contributed by atoms with Crippen molar-refractivity contribution in [3.8, 4) is 5.75 Å². The zero-order valence-electron chi connectivity index (χ0n) is 12.1. The fraction of sp³-hybridized carbons (Fsp3) is 0.250. The number of aromatic nitrogens is 3. The summed E-state index contributed by atoms with van der Waals surface area (Å²) in [4.78, 5) is 16.4. The van der Waals surface area contributed by atoms with Gasteiger partial charge in [0, 0.05) is 38.1 Å². The van der Waals surface area contributed by atoms with Gasteiger partial charge in [0.15, 0.2) is 0 Å². The Morgan fingerprint density at radius 3 is 2.41 bits per heavy atom. The van der Waals surface area contributed by atoms with Crippen molar-refractivity contribution in [1.82, 2.24) is 15.0 Å². The summed E-state index contributed by atoms with van der Waals surface area (Å²) in [6.45, 7) is 3.69. The second-order valence-electron chi connectivity index (χ2n) is 5.43. The molecule has 1 saturated heterocycles. The Bertz CT molecular complexity index is 775. The van der Waals surface area contributed by atoms with Crippen molar-refractivity contribution >= 4 is 22.5 Å². The molecule has 2 aromatic heterocycles. The summed E-state index contributed by atoms with van der Waals surface area (Å²) in [6, 6.07) is 9.40. The Kier molecular flexibility index (Phi) is 3.07. The van der Waals surface area contributed by atoms with Crippen LogP contribution in [0.2, 0.25) is 0 Å². The molecule has 0 saturated carbocycles. The largest absolute Gasteiger partial charge is 0.508 e. The summed E-state index contributed by atoms with van der Waals surface area (Å²) in [6.07, 6.45) is 3.51. The number of H-pyrrole nitrogens is 1. The molecule has 1 aliphatic heterocycles. The lowest BCUT2D eigenvalue weighted by Crippen LogP contribution is -2.46. The summed E-state index contributed by atoms with van der Waals surface area (Å²) < 4.78 is 0. The molecule has 0 radical (unpaired) electrons. The Morgan fingerprint density at radius 1 is 0.909 bits per heavy atom. The summed E-state index contributed by atoms with van der Waals surface area (Å²) in [5.74, 6) is 1.30. The number of phenols is 1. The van der Waals surface area contributed by atoms with E-state index in [4.69, 9.17) is 0 Å². The van der Waals surface area contributed by atoms with E-state index < -0.39 is 0 Å². The van der Waals surface area contributed by atoms with Crippen molar-refractivity contribution in [2.75, 3.05) is 36.0 Å². The van der Waals surface area contributed by atoms with Crippen molar-refractivity contribution in [2.45, 2.75) is 0 Å². The van der Waals surface area contributed by atoms with Crippen LogP contribution >= 0.6 is 0 Å². The summed E-state index contributed by atoms with van der Waals surface area (Å²) in [7, 11) is 0. The Morgan fingerprint density at radius 2 is 1.64 bits per heavy atom. The number of hydrogen-bond donors (Lipinski definition) is 2. The van der Waals surface area contributed by atoms with Gasteiger partial charge in [-0.25, -0.2) is 9.97 Å². The summed E-state index contributed by atoms with van der Waals surface area (Å²) >= 11 is 0. The van der Waals surface area contributed by atoms with E-state index in [1.165, 1.54) is 0 Å². The molecule has 1 aromatic carbocycles. The normalized spacial score (nSPS) is 15.5. The van der Waals surface area contributed by atoms with Gasteiger partial charge in [0.25, 0.3) is 0 Å². The number of benzene rings is 1. The highest BCUT2D eigenvalue weighted by atomic mass is 16.3. The van der Waals surface area contributed by atoms with Crippen molar-refractivity contribution in [1.29, 1.82) is 0 Å². The van der Waals surface area contributed by atoms with E-state index in [0.29, 0.717) is 5.75 Å². The van der Waals surface area contributed by atoms with Gasteiger partial charge in [0.1, 0.15) is 23.5 Å². The molecule has 0 atom stereocenters. The van der Waals surface area contributed by atoms with E-state index in [1.807, 2.05) is 24.4 Å². The van der Waals surface area contributed by atoms with E-state index in [1.54, 1.807) is 18.5 Å². The molecule has 1 fully saturated rings. The minimum atomic E-state index is 0.304. The SMILES string of the molecule is Oc1ccc(N2CCN(c3ncnc4[nH]ccc34)CC2)cc1. The van der Waals surface area contributed by atoms with Crippen molar-refractivity contribution in [2.24, 2.45) is 0 Å². The third kappa shape index (κ3) is 2.22. The lowest BCUT2D eigenvalue weighted by molar-refractivity contribution is 0.475. The van der Waals surface area contributed by atoms with Crippen LogP contribution in [0.4, 0.5) is 11.5 Å². The summed E-state index contributed by atoms with van der Waals surface area (Å²) in [5, 5.41) is 10.5. The first-order valence-corrected chi connectivity index (χ1v) is 7.38. The minimum Gasteiger partial charge on any atom is -0.508 e. The Hall–Kier alpha value is -2.76. The van der Waals surface area contributed by atoms with Crippen LogP contribution in [0.1, 0.15) is 0 Å². The zero-order chi connectivity index (χ0) is 14.9. The topological polar surface area (TPSA) is 68.3 Å². The lowest BCUT2D eigenvalue weighted by atomic mass is 10.2. The first-order valence-electron chi connectivity index (χ1n) is 7.38.